The van der Waals surface area contributed by atoms with Gasteiger partial charge in [0, 0.05) is 6.08 Å². The Kier molecular flexibility index (Phi) is 7.01. The number of hydrogen-bond donors (Lipinski definition) is 1. The van der Waals surface area contributed by atoms with Crippen LogP contribution in [0, 0.1) is 0 Å². The number of hydrogen-bond acceptors (Lipinski definition) is 4. The third kappa shape index (κ3) is 6.23. The van der Waals surface area contributed by atoms with Gasteiger partial charge in [0.25, 0.3) is 5.91 Å². The Balaban J connectivity index is 1.77. The summed E-state index contributed by atoms with van der Waals surface area (Å²) in [7, 11) is 0. The van der Waals surface area contributed by atoms with Crippen molar-refractivity contribution in [3.05, 3.63) is 64.0 Å². The van der Waals surface area contributed by atoms with Gasteiger partial charge in [-0.1, -0.05) is 31.2 Å². The summed E-state index contributed by atoms with van der Waals surface area (Å²) in [6.45, 7) is 3.64. The summed E-state index contributed by atoms with van der Waals surface area (Å²) in [4.78, 5) is 23.5. The maximum absolute atomic E-state index is 11.9. The molecule has 0 aliphatic carbocycles. The maximum Gasteiger partial charge on any atom is 0.331 e. The molecule has 1 amide bonds. The number of benzene rings is 1. The summed E-state index contributed by atoms with van der Waals surface area (Å²) in [6, 6.07) is 11.3. The number of carbonyl (C=O) groups excluding carboxylic acids is 2. The van der Waals surface area contributed by atoms with Gasteiger partial charge >= 0.3 is 5.97 Å². The van der Waals surface area contributed by atoms with E-state index in [1.54, 1.807) is 12.1 Å². The number of furan rings is 1. The molecule has 1 atom stereocenters. The van der Waals surface area contributed by atoms with Gasteiger partial charge in [-0.3, -0.25) is 4.79 Å². The number of esters is 1. The van der Waals surface area contributed by atoms with E-state index in [1.807, 2.05) is 31.2 Å². The first-order valence-electron chi connectivity index (χ1n) is 7.96. The predicted molar refractivity (Wildman–Crippen MR) is 98.8 cm³/mol. The first-order chi connectivity index (χ1) is 12.0. The van der Waals surface area contributed by atoms with Gasteiger partial charge in [-0.15, -0.1) is 0 Å². The molecule has 25 heavy (non-hydrogen) atoms. The molecule has 0 radical (unpaired) electrons. The number of halogens is 1. The van der Waals surface area contributed by atoms with Crippen LogP contribution in [-0.4, -0.2) is 18.5 Å². The van der Waals surface area contributed by atoms with Gasteiger partial charge in [0.05, 0.1) is 6.04 Å². The Morgan fingerprint density at radius 1 is 1.24 bits per heavy atom. The van der Waals surface area contributed by atoms with Crippen LogP contribution in [0.3, 0.4) is 0 Å². The third-order valence-corrected chi connectivity index (χ3v) is 4.01. The number of rotatable bonds is 7. The molecule has 2 aromatic rings. The second kappa shape index (κ2) is 9.22. The topological polar surface area (TPSA) is 68.5 Å². The van der Waals surface area contributed by atoms with Crippen LogP contribution in [0.15, 0.2) is 51.6 Å². The summed E-state index contributed by atoms with van der Waals surface area (Å²) in [6.07, 6.45) is 3.66. The van der Waals surface area contributed by atoms with Gasteiger partial charge in [0.2, 0.25) is 0 Å². The van der Waals surface area contributed by atoms with E-state index in [0.717, 1.165) is 12.0 Å². The lowest BCUT2D eigenvalue weighted by molar-refractivity contribution is -0.144. The van der Waals surface area contributed by atoms with Crippen LogP contribution < -0.4 is 5.32 Å². The van der Waals surface area contributed by atoms with E-state index in [0.29, 0.717) is 10.4 Å². The molecular formula is C19H20BrNO4. The molecule has 0 aliphatic rings. The zero-order chi connectivity index (χ0) is 18.2. The molecule has 0 saturated carbocycles. The molecule has 6 heteroatoms. The second-order valence-electron chi connectivity index (χ2n) is 5.47. The van der Waals surface area contributed by atoms with E-state index < -0.39 is 5.97 Å². The largest absolute Gasteiger partial charge is 0.452 e. The Bertz CT molecular complexity index is 749. The average Bonchev–Trinajstić information content (AvgIpc) is 3.03. The normalized spacial score (nSPS) is 12.1. The van der Waals surface area contributed by atoms with E-state index >= 15 is 0 Å². The molecule has 1 heterocycles. The molecule has 0 aliphatic heterocycles. The first-order valence-corrected chi connectivity index (χ1v) is 8.75. The summed E-state index contributed by atoms with van der Waals surface area (Å²) < 4.78 is 10.7. The lowest BCUT2D eigenvalue weighted by Gasteiger charge is -2.14. The molecule has 0 fully saturated rings. The van der Waals surface area contributed by atoms with Gasteiger partial charge in [0.1, 0.15) is 5.76 Å². The van der Waals surface area contributed by atoms with Crippen LogP contribution in [0.5, 0.6) is 0 Å². The molecule has 1 aromatic carbocycles. The highest BCUT2D eigenvalue weighted by molar-refractivity contribution is 9.10. The standard InChI is InChI=1S/C19H20BrNO4/c1-3-14-4-6-15(7-5-14)13(2)21-18(22)12-24-19(23)11-9-16-8-10-17(20)25-16/h4-11,13H,3,12H2,1-2H3,(H,21,22)/b11-9+/t13-/m1/s1. The van der Waals surface area contributed by atoms with E-state index in [4.69, 9.17) is 9.15 Å². The highest BCUT2D eigenvalue weighted by Gasteiger charge is 2.11. The molecular weight excluding hydrogens is 386 g/mol. The number of ether oxygens (including phenoxy) is 1. The van der Waals surface area contributed by atoms with Gasteiger partial charge in [-0.2, -0.15) is 0 Å². The highest BCUT2D eigenvalue weighted by Crippen LogP contribution is 2.15. The van der Waals surface area contributed by atoms with Crippen molar-refractivity contribution in [1.29, 1.82) is 0 Å². The van der Waals surface area contributed by atoms with Gasteiger partial charge in [-0.25, -0.2) is 4.79 Å². The smallest absolute Gasteiger partial charge is 0.331 e. The van der Waals surface area contributed by atoms with E-state index in [-0.39, 0.29) is 18.6 Å². The summed E-state index contributed by atoms with van der Waals surface area (Å²) in [5.41, 5.74) is 2.24. The Hall–Kier alpha value is -2.34. The Labute approximate surface area is 155 Å². The lowest BCUT2D eigenvalue weighted by Crippen LogP contribution is -2.30. The Morgan fingerprint density at radius 2 is 1.96 bits per heavy atom. The first kappa shape index (κ1) is 19.0. The van der Waals surface area contributed by atoms with Crippen molar-refractivity contribution in [3.63, 3.8) is 0 Å². The SMILES string of the molecule is CCc1ccc([C@@H](C)NC(=O)COC(=O)/C=C/c2ccc(Br)o2)cc1. The molecule has 2 rings (SSSR count). The third-order valence-electron chi connectivity index (χ3n) is 3.59. The van der Waals surface area contributed by atoms with Crippen molar-refractivity contribution in [1.82, 2.24) is 5.32 Å². The van der Waals surface area contributed by atoms with Gasteiger partial charge in [0.15, 0.2) is 11.3 Å². The fourth-order valence-corrected chi connectivity index (χ4v) is 2.48. The van der Waals surface area contributed by atoms with Crippen LogP contribution >= 0.6 is 15.9 Å². The van der Waals surface area contributed by atoms with Crippen LogP contribution in [0.1, 0.15) is 36.8 Å². The van der Waals surface area contributed by atoms with Crippen LogP contribution in [0.25, 0.3) is 6.08 Å². The molecule has 0 saturated heterocycles. The van der Waals surface area contributed by atoms with Crippen LogP contribution in [-0.2, 0) is 20.7 Å². The van der Waals surface area contributed by atoms with E-state index in [9.17, 15) is 9.59 Å². The van der Waals surface area contributed by atoms with Crippen molar-refractivity contribution in [2.45, 2.75) is 26.3 Å². The minimum Gasteiger partial charge on any atom is -0.452 e. The predicted octanol–water partition coefficient (Wildman–Crippen LogP) is 4.04. The molecule has 0 bridgehead atoms. The quantitative estimate of drug-likeness (QED) is 0.557. The van der Waals surface area contributed by atoms with Crippen molar-refractivity contribution in [2.75, 3.05) is 6.61 Å². The number of aryl methyl sites for hydroxylation is 1. The molecule has 1 aromatic heterocycles. The lowest BCUT2D eigenvalue weighted by atomic mass is 10.1. The zero-order valence-electron chi connectivity index (χ0n) is 14.1. The number of amides is 1. The average molecular weight is 406 g/mol. The summed E-state index contributed by atoms with van der Waals surface area (Å²) in [5.74, 6) is -0.449. The molecule has 0 unspecified atom stereocenters. The molecule has 1 N–H and O–H groups in total. The molecule has 5 nitrogen and oxygen atoms in total. The molecule has 0 spiro atoms. The summed E-state index contributed by atoms with van der Waals surface area (Å²) >= 11 is 3.17. The van der Waals surface area contributed by atoms with Crippen molar-refractivity contribution < 1.29 is 18.7 Å². The van der Waals surface area contributed by atoms with Crippen molar-refractivity contribution in [3.8, 4) is 0 Å². The van der Waals surface area contributed by atoms with Crippen molar-refractivity contribution >= 4 is 33.9 Å². The number of nitrogens with one attached hydrogen (secondary N) is 1. The fourth-order valence-electron chi connectivity index (χ4n) is 2.16. The maximum atomic E-state index is 11.9. The minimum atomic E-state index is -0.609. The highest BCUT2D eigenvalue weighted by atomic mass is 79.9. The van der Waals surface area contributed by atoms with Crippen LogP contribution in [0.2, 0.25) is 0 Å². The molecule has 132 valence electrons. The van der Waals surface area contributed by atoms with Gasteiger partial charge < -0.3 is 14.5 Å². The second-order valence-corrected chi connectivity index (χ2v) is 6.25. The number of carbonyl (C=O) groups is 2. The van der Waals surface area contributed by atoms with E-state index in [1.165, 1.54) is 17.7 Å². The minimum absolute atomic E-state index is 0.159. The Morgan fingerprint density at radius 3 is 2.56 bits per heavy atom. The van der Waals surface area contributed by atoms with Gasteiger partial charge in [-0.05, 0) is 58.6 Å². The van der Waals surface area contributed by atoms with Crippen LogP contribution in [0.4, 0.5) is 0 Å². The summed E-state index contributed by atoms with van der Waals surface area (Å²) in [5, 5.41) is 2.80. The monoisotopic (exact) mass is 405 g/mol. The fraction of sp³-hybridized carbons (Fsp3) is 0.263. The van der Waals surface area contributed by atoms with E-state index in [2.05, 4.69) is 28.2 Å². The zero-order valence-corrected chi connectivity index (χ0v) is 15.7. The van der Waals surface area contributed by atoms with Crippen molar-refractivity contribution in [2.24, 2.45) is 0 Å².